The van der Waals surface area contributed by atoms with E-state index in [9.17, 15) is 9.59 Å². The Morgan fingerprint density at radius 1 is 1.27 bits per heavy atom. The van der Waals surface area contributed by atoms with Gasteiger partial charge in [0.1, 0.15) is 5.56 Å². The first-order chi connectivity index (χ1) is 12.5. The minimum absolute atomic E-state index is 0.0221. The number of amides is 1. The zero-order valence-corrected chi connectivity index (χ0v) is 14.8. The van der Waals surface area contributed by atoms with Gasteiger partial charge >= 0.3 is 0 Å². The fourth-order valence-electron chi connectivity index (χ4n) is 3.26. The fraction of sp³-hybridized carbons (Fsp3) is 0.222. The topological polar surface area (TPSA) is 83.9 Å². The zero-order valence-electron chi connectivity index (χ0n) is 14.0. The van der Waals surface area contributed by atoms with Gasteiger partial charge in [0, 0.05) is 18.3 Å². The predicted octanol–water partition coefficient (Wildman–Crippen LogP) is 2.50. The van der Waals surface area contributed by atoms with Crippen molar-refractivity contribution in [1.82, 2.24) is 24.6 Å². The molecule has 132 valence electrons. The van der Waals surface area contributed by atoms with Crippen molar-refractivity contribution < 1.29 is 4.79 Å². The van der Waals surface area contributed by atoms with Crippen molar-refractivity contribution in [2.24, 2.45) is 0 Å². The van der Waals surface area contributed by atoms with E-state index >= 15 is 0 Å². The quantitative estimate of drug-likeness (QED) is 0.752. The normalized spacial score (nSPS) is 16.4. The third-order valence-corrected chi connectivity index (χ3v) is 4.66. The molecule has 0 radical (unpaired) electrons. The second kappa shape index (κ2) is 6.42. The van der Waals surface area contributed by atoms with Crippen LogP contribution in [0.5, 0.6) is 0 Å². The molecule has 0 bridgehead atoms. The SMILES string of the molecule is C[C@H]1CN(C(=O)c2cc(Cl)c[nH]c2=O)Cc2nnc(-c3ccccc3)n21. The summed E-state index contributed by atoms with van der Waals surface area (Å²) in [6.45, 7) is 2.74. The van der Waals surface area contributed by atoms with Crippen LogP contribution in [0.15, 0.2) is 47.4 Å². The monoisotopic (exact) mass is 369 g/mol. The van der Waals surface area contributed by atoms with E-state index in [4.69, 9.17) is 11.6 Å². The van der Waals surface area contributed by atoms with Crippen LogP contribution in [0.25, 0.3) is 11.4 Å². The molecule has 3 aromatic rings. The second-order valence-corrected chi connectivity index (χ2v) is 6.71. The highest BCUT2D eigenvalue weighted by Crippen LogP contribution is 2.27. The Hall–Kier alpha value is -2.93. The summed E-state index contributed by atoms with van der Waals surface area (Å²) in [7, 11) is 0. The summed E-state index contributed by atoms with van der Waals surface area (Å²) >= 11 is 5.91. The lowest BCUT2D eigenvalue weighted by molar-refractivity contribution is 0.0680. The van der Waals surface area contributed by atoms with E-state index in [1.807, 2.05) is 41.8 Å². The van der Waals surface area contributed by atoms with Gasteiger partial charge in [0.15, 0.2) is 11.6 Å². The van der Waals surface area contributed by atoms with Crippen molar-refractivity contribution in [3.05, 3.63) is 69.4 Å². The maximum Gasteiger partial charge on any atom is 0.260 e. The minimum Gasteiger partial charge on any atom is -0.329 e. The van der Waals surface area contributed by atoms with E-state index in [1.165, 1.54) is 12.3 Å². The Balaban J connectivity index is 1.67. The summed E-state index contributed by atoms with van der Waals surface area (Å²) < 4.78 is 2.04. The minimum atomic E-state index is -0.455. The van der Waals surface area contributed by atoms with E-state index in [1.54, 1.807) is 4.90 Å². The lowest BCUT2D eigenvalue weighted by Gasteiger charge is -2.32. The van der Waals surface area contributed by atoms with E-state index in [-0.39, 0.29) is 24.1 Å². The van der Waals surface area contributed by atoms with Gasteiger partial charge < -0.3 is 14.5 Å². The molecule has 1 aromatic carbocycles. The molecular formula is C18H16ClN5O2. The Kier molecular flexibility index (Phi) is 4.08. The molecule has 26 heavy (non-hydrogen) atoms. The maximum atomic E-state index is 12.8. The first kappa shape index (κ1) is 16.5. The zero-order chi connectivity index (χ0) is 18.3. The average molecular weight is 370 g/mol. The van der Waals surface area contributed by atoms with Gasteiger partial charge in [-0.3, -0.25) is 9.59 Å². The lowest BCUT2D eigenvalue weighted by Crippen LogP contribution is -2.42. The van der Waals surface area contributed by atoms with Crippen LogP contribution in [0.2, 0.25) is 5.02 Å². The average Bonchev–Trinajstić information content (AvgIpc) is 3.08. The summed E-state index contributed by atoms with van der Waals surface area (Å²) in [5.74, 6) is 1.10. The highest BCUT2D eigenvalue weighted by Gasteiger charge is 2.31. The molecule has 1 N–H and O–H groups in total. The van der Waals surface area contributed by atoms with Crippen molar-refractivity contribution >= 4 is 17.5 Å². The van der Waals surface area contributed by atoms with Gasteiger partial charge in [0.05, 0.1) is 17.6 Å². The molecule has 7 nitrogen and oxygen atoms in total. The highest BCUT2D eigenvalue weighted by molar-refractivity contribution is 6.30. The number of hydrogen-bond donors (Lipinski definition) is 1. The van der Waals surface area contributed by atoms with Gasteiger partial charge in [-0.2, -0.15) is 0 Å². The Labute approximate surface area is 154 Å². The van der Waals surface area contributed by atoms with Crippen LogP contribution in [0.4, 0.5) is 0 Å². The number of carbonyl (C=O) groups is 1. The van der Waals surface area contributed by atoms with Crippen LogP contribution in [-0.2, 0) is 6.54 Å². The second-order valence-electron chi connectivity index (χ2n) is 6.27. The molecule has 2 aromatic heterocycles. The number of halogens is 1. The Bertz CT molecular complexity index is 1030. The van der Waals surface area contributed by atoms with Gasteiger partial charge in [0.2, 0.25) is 0 Å². The molecule has 0 saturated heterocycles. The maximum absolute atomic E-state index is 12.8. The number of benzene rings is 1. The summed E-state index contributed by atoms with van der Waals surface area (Å²) in [4.78, 5) is 28.8. The first-order valence-electron chi connectivity index (χ1n) is 8.21. The molecule has 1 aliphatic rings. The van der Waals surface area contributed by atoms with Crippen LogP contribution >= 0.6 is 11.6 Å². The molecule has 1 amide bonds. The van der Waals surface area contributed by atoms with Gasteiger partial charge in [-0.15, -0.1) is 10.2 Å². The highest BCUT2D eigenvalue weighted by atomic mass is 35.5. The molecule has 0 saturated carbocycles. The van der Waals surface area contributed by atoms with Crippen molar-refractivity contribution in [1.29, 1.82) is 0 Å². The molecule has 0 unspecified atom stereocenters. The number of nitrogens with zero attached hydrogens (tertiary/aromatic N) is 4. The standard InChI is InChI=1S/C18H16ClN5O2/c1-11-9-23(18(26)14-7-13(19)8-20-17(14)25)10-15-21-22-16(24(11)15)12-5-3-2-4-6-12/h2-8,11H,9-10H2,1H3,(H,20,25)/t11-/m0/s1. The van der Waals surface area contributed by atoms with Gasteiger partial charge in [-0.25, -0.2) is 0 Å². The summed E-state index contributed by atoms with van der Waals surface area (Å²) in [5.41, 5.74) is 0.550. The lowest BCUT2D eigenvalue weighted by atomic mass is 10.1. The third-order valence-electron chi connectivity index (χ3n) is 4.44. The smallest absolute Gasteiger partial charge is 0.260 e. The molecule has 1 aliphatic heterocycles. The number of aromatic amines is 1. The number of carbonyl (C=O) groups excluding carboxylic acids is 1. The van der Waals surface area contributed by atoms with E-state index in [0.29, 0.717) is 17.4 Å². The summed E-state index contributed by atoms with van der Waals surface area (Å²) in [5, 5.41) is 8.87. The van der Waals surface area contributed by atoms with Crippen molar-refractivity contribution in [2.75, 3.05) is 6.54 Å². The molecule has 3 heterocycles. The van der Waals surface area contributed by atoms with Crippen LogP contribution in [-0.4, -0.2) is 37.1 Å². The number of H-pyrrole nitrogens is 1. The molecular weight excluding hydrogens is 354 g/mol. The molecule has 1 atom stereocenters. The fourth-order valence-corrected chi connectivity index (χ4v) is 3.42. The van der Waals surface area contributed by atoms with Crippen molar-refractivity contribution in [2.45, 2.75) is 19.5 Å². The van der Waals surface area contributed by atoms with Crippen LogP contribution in [0.3, 0.4) is 0 Å². The first-order valence-corrected chi connectivity index (χ1v) is 8.59. The number of hydrogen-bond acceptors (Lipinski definition) is 4. The summed E-state index contributed by atoms with van der Waals surface area (Å²) in [6.07, 6.45) is 1.36. The van der Waals surface area contributed by atoms with Crippen molar-refractivity contribution in [3.63, 3.8) is 0 Å². The van der Waals surface area contributed by atoms with Crippen LogP contribution in [0, 0.1) is 0 Å². The molecule has 0 fully saturated rings. The molecule has 4 rings (SSSR count). The third kappa shape index (κ3) is 2.80. The van der Waals surface area contributed by atoms with E-state index < -0.39 is 5.56 Å². The van der Waals surface area contributed by atoms with Crippen molar-refractivity contribution in [3.8, 4) is 11.4 Å². The predicted molar refractivity (Wildman–Crippen MR) is 97.0 cm³/mol. The number of aromatic nitrogens is 4. The number of rotatable bonds is 2. The van der Waals surface area contributed by atoms with Gasteiger partial charge in [0.25, 0.3) is 11.5 Å². The van der Waals surface area contributed by atoms with Crippen LogP contribution < -0.4 is 5.56 Å². The summed E-state index contributed by atoms with van der Waals surface area (Å²) in [6, 6.07) is 11.2. The number of fused-ring (bicyclic) bond motifs is 1. The molecule has 0 aliphatic carbocycles. The van der Waals surface area contributed by atoms with Gasteiger partial charge in [-0.1, -0.05) is 41.9 Å². The molecule has 8 heteroatoms. The Morgan fingerprint density at radius 3 is 2.81 bits per heavy atom. The number of nitrogens with one attached hydrogen (secondary N) is 1. The largest absolute Gasteiger partial charge is 0.329 e. The van der Waals surface area contributed by atoms with Gasteiger partial charge in [-0.05, 0) is 13.0 Å². The van der Waals surface area contributed by atoms with Crippen LogP contribution in [0.1, 0.15) is 29.1 Å². The Morgan fingerprint density at radius 2 is 2.04 bits per heavy atom. The molecule has 0 spiro atoms. The van der Waals surface area contributed by atoms with E-state index in [2.05, 4.69) is 15.2 Å². The van der Waals surface area contributed by atoms with E-state index in [0.717, 1.165) is 11.4 Å². The number of pyridine rings is 1.